The molecule has 0 aliphatic heterocycles. The predicted octanol–water partition coefficient (Wildman–Crippen LogP) is 2.50. The third-order valence-corrected chi connectivity index (χ3v) is 2.60. The number of carbonyl (C=O) groups excluding carboxylic acids is 1. The minimum absolute atomic E-state index is 0.176. The van der Waals surface area contributed by atoms with Crippen LogP contribution in [0.15, 0.2) is 48.5 Å². The van der Waals surface area contributed by atoms with E-state index in [0.717, 1.165) is 5.56 Å². The van der Waals surface area contributed by atoms with E-state index in [4.69, 9.17) is 15.7 Å². The molecule has 0 atom stereocenters. The first-order valence-corrected chi connectivity index (χ1v) is 5.71. The molecule has 0 saturated carbocycles. The molecule has 0 unspecified atom stereocenters. The molecule has 0 aliphatic carbocycles. The van der Waals surface area contributed by atoms with Gasteiger partial charge in [-0.05, 0) is 42.0 Å². The monoisotopic (exact) mass is 252 g/mol. The molecular formula is C15H12N2O2. The summed E-state index contributed by atoms with van der Waals surface area (Å²) in [5.74, 6) is -0.399. The fraction of sp³-hybridized carbons (Fsp3) is 0.0667. The standard InChI is InChI=1S/C15H12N2O2/c16-9-11-1-3-12(4-2-11)10-19-15(18)13-5-7-14(17)8-6-13/h1-8H,10,17H2. The zero-order chi connectivity index (χ0) is 13.7. The van der Waals surface area contributed by atoms with Crippen LogP contribution in [-0.2, 0) is 11.3 Å². The molecule has 0 heterocycles. The van der Waals surface area contributed by atoms with Gasteiger partial charge >= 0.3 is 5.97 Å². The highest BCUT2D eigenvalue weighted by Gasteiger charge is 2.06. The number of nitrogens with zero attached hydrogens (tertiary/aromatic N) is 1. The van der Waals surface area contributed by atoms with Gasteiger partial charge in [0.15, 0.2) is 0 Å². The second-order valence-corrected chi connectivity index (χ2v) is 4.01. The van der Waals surface area contributed by atoms with E-state index in [1.165, 1.54) is 0 Å². The van der Waals surface area contributed by atoms with E-state index >= 15 is 0 Å². The SMILES string of the molecule is N#Cc1ccc(COC(=O)c2ccc(N)cc2)cc1. The van der Waals surface area contributed by atoms with Gasteiger partial charge in [0.25, 0.3) is 0 Å². The lowest BCUT2D eigenvalue weighted by atomic mass is 10.1. The number of hydrogen-bond acceptors (Lipinski definition) is 4. The number of anilines is 1. The molecule has 2 aromatic carbocycles. The largest absolute Gasteiger partial charge is 0.457 e. The van der Waals surface area contributed by atoms with Crippen molar-refractivity contribution in [3.8, 4) is 6.07 Å². The quantitative estimate of drug-likeness (QED) is 0.672. The van der Waals surface area contributed by atoms with Crippen LogP contribution in [0.2, 0.25) is 0 Å². The number of ether oxygens (including phenoxy) is 1. The summed E-state index contributed by atoms with van der Waals surface area (Å²) in [5, 5.41) is 8.67. The van der Waals surface area contributed by atoms with E-state index in [1.54, 1.807) is 48.5 Å². The summed E-state index contributed by atoms with van der Waals surface area (Å²) in [4.78, 5) is 11.7. The first kappa shape index (κ1) is 12.7. The molecule has 2 N–H and O–H groups in total. The van der Waals surface area contributed by atoms with Crippen molar-refractivity contribution in [1.29, 1.82) is 5.26 Å². The van der Waals surface area contributed by atoms with Crippen LogP contribution in [-0.4, -0.2) is 5.97 Å². The molecule has 94 valence electrons. The van der Waals surface area contributed by atoms with Crippen molar-refractivity contribution in [2.45, 2.75) is 6.61 Å². The van der Waals surface area contributed by atoms with Crippen molar-refractivity contribution in [3.63, 3.8) is 0 Å². The highest BCUT2D eigenvalue weighted by atomic mass is 16.5. The third kappa shape index (κ3) is 3.33. The van der Waals surface area contributed by atoms with Crippen LogP contribution >= 0.6 is 0 Å². The van der Waals surface area contributed by atoms with Crippen LogP contribution in [0.25, 0.3) is 0 Å². The first-order chi connectivity index (χ1) is 9.19. The smallest absolute Gasteiger partial charge is 0.338 e. The maximum Gasteiger partial charge on any atom is 0.338 e. The second kappa shape index (κ2) is 5.69. The van der Waals surface area contributed by atoms with E-state index in [9.17, 15) is 4.79 Å². The molecule has 4 nitrogen and oxygen atoms in total. The number of rotatable bonds is 3. The molecule has 2 rings (SSSR count). The Morgan fingerprint density at radius 3 is 2.32 bits per heavy atom. The summed E-state index contributed by atoms with van der Waals surface area (Å²) < 4.78 is 5.16. The van der Waals surface area contributed by atoms with Gasteiger partial charge in [-0.15, -0.1) is 0 Å². The van der Waals surface area contributed by atoms with E-state index < -0.39 is 5.97 Å². The van der Waals surface area contributed by atoms with Gasteiger partial charge in [-0.25, -0.2) is 4.79 Å². The number of nitrogens with two attached hydrogens (primary N) is 1. The van der Waals surface area contributed by atoms with Crippen LogP contribution in [0.1, 0.15) is 21.5 Å². The fourth-order valence-electron chi connectivity index (χ4n) is 1.53. The Labute approximate surface area is 111 Å². The molecule has 0 amide bonds. The average molecular weight is 252 g/mol. The Morgan fingerprint density at radius 2 is 1.74 bits per heavy atom. The molecule has 0 radical (unpaired) electrons. The Kier molecular flexibility index (Phi) is 3.79. The molecule has 4 heteroatoms. The Hall–Kier alpha value is -2.80. The molecule has 0 spiro atoms. The van der Waals surface area contributed by atoms with E-state index in [1.807, 2.05) is 6.07 Å². The summed E-state index contributed by atoms with van der Waals surface area (Å²) in [6.45, 7) is 0.176. The summed E-state index contributed by atoms with van der Waals surface area (Å²) in [6, 6.07) is 15.5. The Morgan fingerprint density at radius 1 is 1.11 bits per heavy atom. The van der Waals surface area contributed by atoms with Crippen LogP contribution in [0.3, 0.4) is 0 Å². The lowest BCUT2D eigenvalue weighted by Crippen LogP contribution is -2.05. The van der Waals surface area contributed by atoms with E-state index in [2.05, 4.69) is 0 Å². The summed E-state index contributed by atoms with van der Waals surface area (Å²) >= 11 is 0. The van der Waals surface area contributed by atoms with Gasteiger partial charge in [0.05, 0.1) is 17.2 Å². The predicted molar refractivity (Wildman–Crippen MR) is 71.1 cm³/mol. The van der Waals surface area contributed by atoms with Crippen molar-refractivity contribution in [2.24, 2.45) is 0 Å². The van der Waals surface area contributed by atoms with Gasteiger partial charge in [0, 0.05) is 5.69 Å². The van der Waals surface area contributed by atoms with Crippen LogP contribution < -0.4 is 5.73 Å². The molecule has 0 bridgehead atoms. The number of nitriles is 1. The first-order valence-electron chi connectivity index (χ1n) is 5.71. The Balaban J connectivity index is 1.96. The van der Waals surface area contributed by atoms with Crippen LogP contribution in [0, 0.1) is 11.3 Å². The van der Waals surface area contributed by atoms with Gasteiger partial charge in [-0.3, -0.25) is 0 Å². The summed E-state index contributed by atoms with van der Waals surface area (Å²) in [7, 11) is 0. The molecule has 0 saturated heterocycles. The van der Waals surface area contributed by atoms with Gasteiger partial charge in [-0.1, -0.05) is 12.1 Å². The van der Waals surface area contributed by atoms with Crippen molar-refractivity contribution >= 4 is 11.7 Å². The molecule has 0 fully saturated rings. The zero-order valence-electron chi connectivity index (χ0n) is 10.2. The lowest BCUT2D eigenvalue weighted by molar-refractivity contribution is 0.0473. The number of hydrogen-bond donors (Lipinski definition) is 1. The van der Waals surface area contributed by atoms with Crippen molar-refractivity contribution in [2.75, 3.05) is 5.73 Å². The van der Waals surface area contributed by atoms with Crippen molar-refractivity contribution in [3.05, 3.63) is 65.2 Å². The molecular weight excluding hydrogens is 240 g/mol. The summed E-state index contributed by atoms with van der Waals surface area (Å²) in [5.41, 5.74) is 8.02. The normalized spacial score (nSPS) is 9.63. The minimum Gasteiger partial charge on any atom is -0.457 e. The minimum atomic E-state index is -0.399. The lowest BCUT2D eigenvalue weighted by Gasteiger charge is -2.05. The van der Waals surface area contributed by atoms with Crippen molar-refractivity contribution < 1.29 is 9.53 Å². The molecule has 2 aromatic rings. The van der Waals surface area contributed by atoms with Gasteiger partial charge in [-0.2, -0.15) is 5.26 Å². The number of carbonyl (C=O) groups is 1. The zero-order valence-corrected chi connectivity index (χ0v) is 10.2. The van der Waals surface area contributed by atoms with Crippen LogP contribution in [0.5, 0.6) is 0 Å². The molecule has 19 heavy (non-hydrogen) atoms. The van der Waals surface area contributed by atoms with Crippen LogP contribution in [0.4, 0.5) is 5.69 Å². The second-order valence-electron chi connectivity index (χ2n) is 4.01. The van der Waals surface area contributed by atoms with Gasteiger partial charge in [0.2, 0.25) is 0 Å². The average Bonchev–Trinajstić information content (AvgIpc) is 2.46. The number of benzene rings is 2. The van der Waals surface area contributed by atoms with Crippen molar-refractivity contribution in [1.82, 2.24) is 0 Å². The maximum absolute atomic E-state index is 11.7. The van der Waals surface area contributed by atoms with Gasteiger partial charge < -0.3 is 10.5 Å². The highest BCUT2D eigenvalue weighted by Crippen LogP contribution is 2.09. The molecule has 0 aromatic heterocycles. The Bertz CT molecular complexity index is 610. The number of nitrogen functional groups attached to an aromatic ring is 1. The van der Waals surface area contributed by atoms with Gasteiger partial charge in [0.1, 0.15) is 6.61 Å². The van der Waals surface area contributed by atoms with E-state index in [-0.39, 0.29) is 6.61 Å². The molecule has 0 aliphatic rings. The summed E-state index contributed by atoms with van der Waals surface area (Å²) in [6.07, 6.45) is 0. The van der Waals surface area contributed by atoms with E-state index in [0.29, 0.717) is 16.8 Å². The third-order valence-electron chi connectivity index (χ3n) is 2.60. The topological polar surface area (TPSA) is 76.1 Å². The fourth-order valence-corrected chi connectivity index (χ4v) is 1.53. The maximum atomic E-state index is 11.7. The number of esters is 1. The highest BCUT2D eigenvalue weighted by molar-refractivity contribution is 5.89.